The Morgan fingerprint density at radius 2 is 2.35 bits per heavy atom. The highest BCUT2D eigenvalue weighted by Gasteiger charge is 2.23. The molecule has 2 unspecified atom stereocenters. The topological polar surface area (TPSA) is 55.6 Å². The number of hydrogen-bond acceptors (Lipinski definition) is 3. The lowest BCUT2D eigenvalue weighted by Crippen LogP contribution is -2.43. The fourth-order valence-corrected chi connectivity index (χ4v) is 2.18. The van der Waals surface area contributed by atoms with Gasteiger partial charge >= 0.3 is 0 Å². The molecule has 1 aliphatic rings. The standard InChI is InChI=1S/C13H26N2O2/c1-3-17-12-5-4-8-15(10-12)13(16)7-6-11(2)9-14/h11-12H,3-10,14H2,1-2H3. The van der Waals surface area contributed by atoms with Crippen LogP contribution in [0.3, 0.4) is 0 Å². The number of ether oxygens (including phenoxy) is 1. The zero-order valence-electron chi connectivity index (χ0n) is 11.2. The summed E-state index contributed by atoms with van der Waals surface area (Å²) in [7, 11) is 0. The average Bonchev–Trinajstić information content (AvgIpc) is 2.36. The number of piperidine rings is 1. The number of likely N-dealkylation sites (tertiary alicyclic amines) is 1. The third-order valence-electron chi connectivity index (χ3n) is 3.39. The van der Waals surface area contributed by atoms with Crippen LogP contribution in [0.25, 0.3) is 0 Å². The number of carbonyl (C=O) groups is 1. The largest absolute Gasteiger partial charge is 0.377 e. The van der Waals surface area contributed by atoms with Crippen molar-refractivity contribution in [3.8, 4) is 0 Å². The van der Waals surface area contributed by atoms with Crippen molar-refractivity contribution >= 4 is 5.91 Å². The van der Waals surface area contributed by atoms with Gasteiger partial charge in [0, 0.05) is 26.1 Å². The lowest BCUT2D eigenvalue weighted by molar-refractivity contribution is -0.135. The maximum absolute atomic E-state index is 12.0. The Balaban J connectivity index is 2.30. The Kier molecular flexibility index (Phi) is 6.52. The van der Waals surface area contributed by atoms with Crippen molar-refractivity contribution in [3.63, 3.8) is 0 Å². The fourth-order valence-electron chi connectivity index (χ4n) is 2.18. The van der Waals surface area contributed by atoms with Gasteiger partial charge in [-0.3, -0.25) is 4.79 Å². The van der Waals surface area contributed by atoms with Crippen molar-refractivity contribution in [3.05, 3.63) is 0 Å². The number of carbonyl (C=O) groups excluding carboxylic acids is 1. The summed E-state index contributed by atoms with van der Waals surface area (Å²) in [4.78, 5) is 13.9. The van der Waals surface area contributed by atoms with Gasteiger partial charge in [0.2, 0.25) is 5.91 Å². The molecular weight excluding hydrogens is 216 g/mol. The van der Waals surface area contributed by atoms with Crippen LogP contribution in [0.15, 0.2) is 0 Å². The molecular formula is C13H26N2O2. The Hall–Kier alpha value is -0.610. The lowest BCUT2D eigenvalue weighted by Gasteiger charge is -2.32. The zero-order chi connectivity index (χ0) is 12.7. The number of hydrogen-bond donors (Lipinski definition) is 1. The van der Waals surface area contributed by atoms with Gasteiger partial charge in [-0.1, -0.05) is 6.92 Å². The minimum Gasteiger partial charge on any atom is -0.377 e. The molecule has 2 N–H and O–H groups in total. The van der Waals surface area contributed by atoms with Crippen LogP contribution in [-0.4, -0.2) is 43.2 Å². The average molecular weight is 242 g/mol. The van der Waals surface area contributed by atoms with Crippen LogP contribution in [0.5, 0.6) is 0 Å². The van der Waals surface area contributed by atoms with Crippen molar-refractivity contribution in [2.75, 3.05) is 26.2 Å². The summed E-state index contributed by atoms with van der Waals surface area (Å²) in [6, 6.07) is 0. The molecule has 2 atom stereocenters. The number of amides is 1. The van der Waals surface area contributed by atoms with Crippen LogP contribution in [0.4, 0.5) is 0 Å². The molecule has 100 valence electrons. The zero-order valence-corrected chi connectivity index (χ0v) is 11.2. The highest BCUT2D eigenvalue weighted by atomic mass is 16.5. The Morgan fingerprint density at radius 1 is 1.59 bits per heavy atom. The quantitative estimate of drug-likeness (QED) is 0.765. The summed E-state index contributed by atoms with van der Waals surface area (Å²) >= 11 is 0. The summed E-state index contributed by atoms with van der Waals surface area (Å²) < 4.78 is 5.60. The second-order valence-corrected chi connectivity index (χ2v) is 4.94. The highest BCUT2D eigenvalue weighted by molar-refractivity contribution is 5.76. The Bertz CT molecular complexity index is 231. The van der Waals surface area contributed by atoms with E-state index in [-0.39, 0.29) is 12.0 Å². The number of nitrogens with two attached hydrogens (primary N) is 1. The highest BCUT2D eigenvalue weighted by Crippen LogP contribution is 2.15. The van der Waals surface area contributed by atoms with Crippen LogP contribution in [0, 0.1) is 5.92 Å². The Labute approximate surface area is 104 Å². The van der Waals surface area contributed by atoms with Gasteiger partial charge in [0.15, 0.2) is 0 Å². The first-order chi connectivity index (χ1) is 8.17. The summed E-state index contributed by atoms with van der Waals surface area (Å²) in [6.45, 7) is 7.14. The van der Waals surface area contributed by atoms with E-state index in [0.717, 1.165) is 39.0 Å². The van der Waals surface area contributed by atoms with E-state index < -0.39 is 0 Å². The molecule has 4 heteroatoms. The molecule has 0 aliphatic carbocycles. The second-order valence-electron chi connectivity index (χ2n) is 4.94. The van der Waals surface area contributed by atoms with E-state index in [9.17, 15) is 4.79 Å². The summed E-state index contributed by atoms with van der Waals surface area (Å²) in [6.07, 6.45) is 3.90. The van der Waals surface area contributed by atoms with Crippen LogP contribution in [0.1, 0.15) is 39.5 Å². The minimum atomic E-state index is 0.240. The normalized spacial score (nSPS) is 22.5. The van der Waals surface area contributed by atoms with Crippen LogP contribution in [0.2, 0.25) is 0 Å². The molecule has 1 amide bonds. The molecule has 1 heterocycles. The number of nitrogens with zero attached hydrogens (tertiary/aromatic N) is 1. The lowest BCUT2D eigenvalue weighted by atomic mass is 10.0. The molecule has 0 aromatic rings. The van der Waals surface area contributed by atoms with Gasteiger partial charge in [-0.2, -0.15) is 0 Å². The van der Waals surface area contributed by atoms with Gasteiger partial charge in [0.05, 0.1) is 6.10 Å². The van der Waals surface area contributed by atoms with Crippen LogP contribution >= 0.6 is 0 Å². The molecule has 0 aromatic heterocycles. The SMILES string of the molecule is CCOC1CCCN(C(=O)CCC(C)CN)C1. The molecule has 1 fully saturated rings. The second kappa shape index (κ2) is 7.67. The van der Waals surface area contributed by atoms with Crippen molar-refractivity contribution in [1.29, 1.82) is 0 Å². The monoisotopic (exact) mass is 242 g/mol. The first kappa shape index (κ1) is 14.5. The van der Waals surface area contributed by atoms with E-state index in [1.54, 1.807) is 0 Å². The summed E-state index contributed by atoms with van der Waals surface area (Å²) in [5, 5.41) is 0. The van der Waals surface area contributed by atoms with Crippen LogP contribution < -0.4 is 5.73 Å². The van der Waals surface area contributed by atoms with E-state index in [2.05, 4.69) is 6.92 Å². The summed E-state index contributed by atoms with van der Waals surface area (Å²) in [5.41, 5.74) is 5.55. The van der Waals surface area contributed by atoms with Gasteiger partial charge in [-0.25, -0.2) is 0 Å². The van der Waals surface area contributed by atoms with Crippen molar-refractivity contribution < 1.29 is 9.53 Å². The third-order valence-corrected chi connectivity index (χ3v) is 3.39. The summed E-state index contributed by atoms with van der Waals surface area (Å²) in [5.74, 6) is 0.695. The Morgan fingerprint density at radius 3 is 3.00 bits per heavy atom. The molecule has 1 aliphatic heterocycles. The predicted molar refractivity (Wildman–Crippen MR) is 68.7 cm³/mol. The molecule has 1 saturated heterocycles. The molecule has 1 rings (SSSR count). The molecule has 0 radical (unpaired) electrons. The third kappa shape index (κ3) is 5.04. The molecule has 0 spiro atoms. The van der Waals surface area contributed by atoms with E-state index >= 15 is 0 Å². The maximum atomic E-state index is 12.0. The maximum Gasteiger partial charge on any atom is 0.222 e. The minimum absolute atomic E-state index is 0.240. The fraction of sp³-hybridized carbons (Fsp3) is 0.923. The van der Waals surface area contributed by atoms with Crippen LogP contribution in [-0.2, 0) is 9.53 Å². The molecule has 0 bridgehead atoms. The van der Waals surface area contributed by atoms with E-state index in [1.807, 2.05) is 11.8 Å². The van der Waals surface area contributed by atoms with E-state index in [1.165, 1.54) is 0 Å². The van der Waals surface area contributed by atoms with Gasteiger partial charge in [-0.05, 0) is 38.6 Å². The first-order valence-corrected chi connectivity index (χ1v) is 6.76. The molecule has 0 aromatic carbocycles. The van der Waals surface area contributed by atoms with Crippen molar-refractivity contribution in [1.82, 2.24) is 4.90 Å². The van der Waals surface area contributed by atoms with E-state index in [0.29, 0.717) is 18.9 Å². The predicted octanol–water partition coefficient (Wildman–Crippen LogP) is 1.39. The smallest absolute Gasteiger partial charge is 0.222 e. The molecule has 4 nitrogen and oxygen atoms in total. The van der Waals surface area contributed by atoms with Gasteiger partial charge < -0.3 is 15.4 Å². The van der Waals surface area contributed by atoms with E-state index in [4.69, 9.17) is 10.5 Å². The van der Waals surface area contributed by atoms with Gasteiger partial charge in [0.1, 0.15) is 0 Å². The first-order valence-electron chi connectivity index (χ1n) is 6.76. The van der Waals surface area contributed by atoms with Crippen molar-refractivity contribution in [2.24, 2.45) is 11.7 Å². The molecule has 0 saturated carbocycles. The van der Waals surface area contributed by atoms with Gasteiger partial charge in [0.25, 0.3) is 0 Å². The molecule has 17 heavy (non-hydrogen) atoms. The van der Waals surface area contributed by atoms with Gasteiger partial charge in [-0.15, -0.1) is 0 Å². The van der Waals surface area contributed by atoms with Crippen molar-refractivity contribution in [2.45, 2.75) is 45.6 Å². The number of rotatable bonds is 6.